The Kier molecular flexibility index (Phi) is 7.57. The molecule has 126 valence electrons. The molecule has 2 rings (SSSR count). The van der Waals surface area contributed by atoms with Crippen molar-refractivity contribution in [3.05, 3.63) is 29.6 Å². The van der Waals surface area contributed by atoms with Crippen molar-refractivity contribution in [2.75, 3.05) is 18.4 Å². The smallest absolute Gasteiger partial charge is 0.254 e. The Morgan fingerprint density at radius 2 is 2.00 bits per heavy atom. The van der Waals surface area contributed by atoms with Crippen molar-refractivity contribution in [3.63, 3.8) is 0 Å². The normalized spacial score (nSPS) is 14.2. The van der Waals surface area contributed by atoms with Crippen molar-refractivity contribution in [3.8, 4) is 0 Å². The van der Waals surface area contributed by atoms with Crippen LogP contribution in [0.15, 0.2) is 24.0 Å². The first-order valence-corrected chi connectivity index (χ1v) is 8.81. The van der Waals surface area contributed by atoms with Crippen molar-refractivity contribution in [2.45, 2.75) is 58.3 Å². The van der Waals surface area contributed by atoms with E-state index in [4.69, 9.17) is 0 Å². The van der Waals surface area contributed by atoms with Crippen LogP contribution in [0.4, 0.5) is 5.95 Å². The molecule has 0 spiro atoms. The van der Waals surface area contributed by atoms with Crippen LogP contribution in [0.1, 0.15) is 68.6 Å². The van der Waals surface area contributed by atoms with Crippen LogP contribution in [0, 0.1) is 0 Å². The molecule has 1 aliphatic rings. The van der Waals surface area contributed by atoms with Crippen LogP contribution in [0.5, 0.6) is 0 Å². The van der Waals surface area contributed by atoms with Gasteiger partial charge in [-0.05, 0) is 38.5 Å². The number of anilines is 1. The summed E-state index contributed by atoms with van der Waals surface area (Å²) >= 11 is 0. The molecule has 0 aromatic carbocycles. The number of amides is 1. The van der Waals surface area contributed by atoms with Gasteiger partial charge in [-0.3, -0.25) is 4.79 Å². The predicted octanol–water partition coefficient (Wildman–Crippen LogP) is 3.70. The van der Waals surface area contributed by atoms with E-state index in [2.05, 4.69) is 33.6 Å². The second kappa shape index (κ2) is 9.98. The van der Waals surface area contributed by atoms with E-state index >= 15 is 0 Å². The van der Waals surface area contributed by atoms with E-state index in [0.717, 1.165) is 19.4 Å². The van der Waals surface area contributed by atoms with Crippen LogP contribution in [0.3, 0.4) is 0 Å². The third kappa shape index (κ3) is 6.38. The summed E-state index contributed by atoms with van der Waals surface area (Å²) in [7, 11) is 0. The summed E-state index contributed by atoms with van der Waals surface area (Å²) < 4.78 is 0. The Morgan fingerprint density at radius 3 is 2.70 bits per heavy atom. The average molecular weight is 316 g/mol. The number of aromatic nitrogens is 2. The Hall–Kier alpha value is -1.91. The molecule has 1 amide bonds. The minimum atomic E-state index is -0.0982. The highest BCUT2D eigenvalue weighted by molar-refractivity contribution is 5.93. The molecule has 0 atom stereocenters. The third-order valence-electron chi connectivity index (χ3n) is 4.09. The van der Waals surface area contributed by atoms with Gasteiger partial charge in [0.1, 0.15) is 0 Å². The molecule has 1 aliphatic carbocycles. The lowest BCUT2D eigenvalue weighted by atomic mass is 9.97. The number of nitrogens with one attached hydrogen (secondary N) is 2. The van der Waals surface area contributed by atoms with Crippen molar-refractivity contribution in [2.24, 2.45) is 0 Å². The zero-order valence-electron chi connectivity index (χ0n) is 14.1. The van der Waals surface area contributed by atoms with Crippen LogP contribution < -0.4 is 10.6 Å². The minimum Gasteiger partial charge on any atom is -0.354 e. The molecule has 1 heterocycles. The number of carbonyl (C=O) groups is 1. The summed E-state index contributed by atoms with van der Waals surface area (Å²) in [5.41, 5.74) is 1.99. The van der Waals surface area contributed by atoms with E-state index < -0.39 is 0 Å². The van der Waals surface area contributed by atoms with E-state index in [9.17, 15) is 4.79 Å². The molecule has 5 nitrogen and oxygen atoms in total. The average Bonchev–Trinajstić information content (AvgIpc) is 2.60. The fraction of sp³-hybridized carbons (Fsp3) is 0.611. The number of rotatable bonds is 9. The lowest BCUT2D eigenvalue weighted by Crippen LogP contribution is -2.25. The van der Waals surface area contributed by atoms with Gasteiger partial charge in [0.05, 0.1) is 5.56 Å². The van der Waals surface area contributed by atoms with E-state index in [0.29, 0.717) is 18.1 Å². The summed E-state index contributed by atoms with van der Waals surface area (Å²) in [4.78, 5) is 20.5. The molecule has 23 heavy (non-hydrogen) atoms. The molecule has 0 radical (unpaired) electrons. The maximum Gasteiger partial charge on any atom is 0.254 e. The van der Waals surface area contributed by atoms with Gasteiger partial charge in [-0.2, -0.15) is 0 Å². The van der Waals surface area contributed by atoms with Gasteiger partial charge in [-0.1, -0.05) is 31.4 Å². The molecule has 0 bridgehead atoms. The molecule has 1 aromatic rings. The highest BCUT2D eigenvalue weighted by atomic mass is 16.1. The molecule has 1 aromatic heterocycles. The number of allylic oxidation sites excluding steroid dienone is 1. The second-order valence-electron chi connectivity index (χ2n) is 6.04. The van der Waals surface area contributed by atoms with Gasteiger partial charge >= 0.3 is 0 Å². The summed E-state index contributed by atoms with van der Waals surface area (Å²) in [5, 5.41) is 6.12. The molecule has 0 aliphatic heterocycles. The van der Waals surface area contributed by atoms with Gasteiger partial charge in [0, 0.05) is 25.5 Å². The first kappa shape index (κ1) is 17.4. The molecular weight excluding hydrogens is 288 g/mol. The maximum absolute atomic E-state index is 12.1. The Balaban J connectivity index is 1.70. The van der Waals surface area contributed by atoms with Crippen LogP contribution in [-0.4, -0.2) is 29.0 Å². The van der Waals surface area contributed by atoms with E-state index in [-0.39, 0.29) is 5.91 Å². The first-order chi connectivity index (χ1) is 11.3. The van der Waals surface area contributed by atoms with Gasteiger partial charge in [-0.15, -0.1) is 0 Å². The lowest BCUT2D eigenvalue weighted by molar-refractivity contribution is 0.0953. The van der Waals surface area contributed by atoms with Gasteiger partial charge in [0.2, 0.25) is 5.95 Å². The van der Waals surface area contributed by atoms with Crippen molar-refractivity contribution < 1.29 is 4.79 Å². The summed E-state index contributed by atoms with van der Waals surface area (Å²) in [6.45, 7) is 3.73. The summed E-state index contributed by atoms with van der Waals surface area (Å²) in [6, 6.07) is 0. The SMILES string of the molecule is CCCCCNc1ncc(C(=O)NCCC2=CCCCC2)cn1. The van der Waals surface area contributed by atoms with Crippen molar-refractivity contribution >= 4 is 11.9 Å². The number of nitrogens with zero attached hydrogens (tertiary/aromatic N) is 2. The number of hydrogen-bond donors (Lipinski definition) is 2. The fourth-order valence-corrected chi connectivity index (χ4v) is 2.68. The topological polar surface area (TPSA) is 66.9 Å². The van der Waals surface area contributed by atoms with Gasteiger partial charge in [-0.25, -0.2) is 9.97 Å². The first-order valence-electron chi connectivity index (χ1n) is 8.81. The van der Waals surface area contributed by atoms with Crippen LogP contribution in [-0.2, 0) is 0 Å². The van der Waals surface area contributed by atoms with Gasteiger partial charge in [0.25, 0.3) is 5.91 Å². The van der Waals surface area contributed by atoms with Crippen LogP contribution >= 0.6 is 0 Å². The maximum atomic E-state index is 12.1. The van der Waals surface area contributed by atoms with Gasteiger partial charge in [0.15, 0.2) is 0 Å². The molecule has 2 N–H and O–H groups in total. The van der Waals surface area contributed by atoms with Gasteiger partial charge < -0.3 is 10.6 Å². The summed E-state index contributed by atoms with van der Waals surface area (Å²) in [6.07, 6.45) is 14.9. The summed E-state index contributed by atoms with van der Waals surface area (Å²) in [5.74, 6) is 0.490. The zero-order valence-corrected chi connectivity index (χ0v) is 14.1. The molecule has 0 fully saturated rings. The van der Waals surface area contributed by atoms with Crippen LogP contribution in [0.2, 0.25) is 0 Å². The standard InChI is InChI=1S/C18H28N4O/c1-2-3-7-11-20-18-21-13-16(14-22-18)17(23)19-12-10-15-8-5-4-6-9-15/h8,13-14H,2-7,9-12H2,1H3,(H,19,23)(H,20,21,22). The Morgan fingerprint density at radius 1 is 1.17 bits per heavy atom. The molecular formula is C18H28N4O. The lowest BCUT2D eigenvalue weighted by Gasteiger charge is -2.12. The molecule has 0 unspecified atom stereocenters. The second-order valence-corrected chi connectivity index (χ2v) is 6.04. The highest BCUT2D eigenvalue weighted by Gasteiger charge is 2.08. The number of hydrogen-bond acceptors (Lipinski definition) is 4. The van der Waals surface area contributed by atoms with Crippen molar-refractivity contribution in [1.29, 1.82) is 0 Å². The fourth-order valence-electron chi connectivity index (χ4n) is 2.68. The van der Waals surface area contributed by atoms with Crippen molar-refractivity contribution in [1.82, 2.24) is 15.3 Å². The molecule has 0 saturated heterocycles. The number of carbonyl (C=O) groups excluding carboxylic acids is 1. The van der Waals surface area contributed by atoms with E-state index in [1.165, 1.54) is 44.1 Å². The van der Waals surface area contributed by atoms with Crippen LogP contribution in [0.25, 0.3) is 0 Å². The highest BCUT2D eigenvalue weighted by Crippen LogP contribution is 2.19. The monoisotopic (exact) mass is 316 g/mol. The largest absolute Gasteiger partial charge is 0.354 e. The Bertz CT molecular complexity index is 510. The Labute approximate surface area is 139 Å². The van der Waals surface area contributed by atoms with E-state index in [1.807, 2.05) is 0 Å². The predicted molar refractivity (Wildman–Crippen MR) is 93.5 cm³/mol. The quantitative estimate of drug-likeness (QED) is 0.538. The molecule has 0 saturated carbocycles. The zero-order chi connectivity index (χ0) is 16.3. The van der Waals surface area contributed by atoms with E-state index in [1.54, 1.807) is 12.4 Å². The molecule has 5 heteroatoms. The number of unbranched alkanes of at least 4 members (excludes halogenated alkanes) is 2. The third-order valence-corrected chi connectivity index (χ3v) is 4.09. The minimum absolute atomic E-state index is 0.0982.